The summed E-state index contributed by atoms with van der Waals surface area (Å²) in [6.07, 6.45) is 3.30. The first-order chi connectivity index (χ1) is 9.36. The normalized spacial score (nSPS) is 21.0. The van der Waals surface area contributed by atoms with Crippen molar-refractivity contribution in [1.82, 2.24) is 4.31 Å². The standard InChI is InChI=1S/C13H19BrN2O2S2/c1-20(17,18)16-6-2-3-10(8-16)9-19-13-5-4-11(14)7-12(13)15/h4-5,7,10H,2-3,6,8-9,15H2,1H3. The van der Waals surface area contributed by atoms with Gasteiger partial charge < -0.3 is 5.73 Å². The molecule has 0 aliphatic carbocycles. The Labute approximate surface area is 133 Å². The van der Waals surface area contributed by atoms with E-state index in [1.54, 1.807) is 16.1 Å². The highest BCUT2D eigenvalue weighted by molar-refractivity contribution is 9.10. The third-order valence-corrected chi connectivity index (χ3v) is 6.48. The van der Waals surface area contributed by atoms with E-state index in [4.69, 9.17) is 5.73 Å². The minimum absolute atomic E-state index is 0.395. The maximum absolute atomic E-state index is 11.6. The molecular weight excluding hydrogens is 360 g/mol. The number of sulfonamides is 1. The predicted molar refractivity (Wildman–Crippen MR) is 88.4 cm³/mol. The van der Waals surface area contributed by atoms with Gasteiger partial charge in [-0.05, 0) is 37.0 Å². The van der Waals surface area contributed by atoms with Gasteiger partial charge in [0.2, 0.25) is 10.0 Å². The molecule has 1 saturated heterocycles. The molecule has 2 N–H and O–H groups in total. The fraction of sp³-hybridized carbons (Fsp3) is 0.538. The van der Waals surface area contributed by atoms with Crippen LogP contribution in [0.15, 0.2) is 27.6 Å². The molecule has 0 aromatic heterocycles. The average molecular weight is 379 g/mol. The molecule has 1 aliphatic heterocycles. The number of hydrogen-bond donors (Lipinski definition) is 1. The topological polar surface area (TPSA) is 63.4 Å². The fourth-order valence-electron chi connectivity index (χ4n) is 2.32. The maximum Gasteiger partial charge on any atom is 0.211 e. The van der Waals surface area contributed by atoms with E-state index >= 15 is 0 Å². The van der Waals surface area contributed by atoms with Gasteiger partial charge in [0.1, 0.15) is 0 Å². The van der Waals surface area contributed by atoms with Crippen molar-refractivity contribution in [2.24, 2.45) is 5.92 Å². The second-order valence-corrected chi connectivity index (χ2v) is 9.08. The fourth-order valence-corrected chi connectivity index (χ4v) is 4.72. The Morgan fingerprint density at radius 1 is 1.50 bits per heavy atom. The molecule has 0 amide bonds. The summed E-state index contributed by atoms with van der Waals surface area (Å²) >= 11 is 5.10. The van der Waals surface area contributed by atoms with E-state index in [2.05, 4.69) is 15.9 Å². The van der Waals surface area contributed by atoms with Crippen molar-refractivity contribution < 1.29 is 8.42 Å². The minimum Gasteiger partial charge on any atom is -0.398 e. The Morgan fingerprint density at radius 2 is 2.25 bits per heavy atom. The first-order valence-corrected chi connectivity index (χ1v) is 10.1. The minimum atomic E-state index is -3.06. The molecule has 2 rings (SSSR count). The van der Waals surface area contributed by atoms with E-state index in [0.29, 0.717) is 19.0 Å². The van der Waals surface area contributed by atoms with Crippen molar-refractivity contribution in [2.45, 2.75) is 17.7 Å². The van der Waals surface area contributed by atoms with Crippen LogP contribution in [0.25, 0.3) is 0 Å². The third-order valence-electron chi connectivity index (χ3n) is 3.40. The van der Waals surface area contributed by atoms with Gasteiger partial charge in [-0.1, -0.05) is 15.9 Å². The van der Waals surface area contributed by atoms with Crippen molar-refractivity contribution in [3.8, 4) is 0 Å². The molecule has 0 radical (unpaired) electrons. The van der Waals surface area contributed by atoms with E-state index in [-0.39, 0.29) is 0 Å². The zero-order valence-corrected chi connectivity index (χ0v) is 14.6. The van der Waals surface area contributed by atoms with Crippen LogP contribution in [0, 0.1) is 5.92 Å². The van der Waals surface area contributed by atoms with Crippen molar-refractivity contribution in [3.63, 3.8) is 0 Å². The number of nitrogen functional groups attached to an aromatic ring is 1. The Morgan fingerprint density at radius 3 is 2.90 bits per heavy atom. The predicted octanol–water partition coefficient (Wildman–Crippen LogP) is 2.79. The smallest absolute Gasteiger partial charge is 0.211 e. The summed E-state index contributed by atoms with van der Waals surface area (Å²) in [4.78, 5) is 1.06. The maximum atomic E-state index is 11.6. The van der Waals surface area contributed by atoms with Gasteiger partial charge in [0.25, 0.3) is 0 Å². The summed E-state index contributed by atoms with van der Waals surface area (Å²) < 4.78 is 25.7. The lowest BCUT2D eigenvalue weighted by molar-refractivity contribution is 0.286. The highest BCUT2D eigenvalue weighted by Crippen LogP contribution is 2.31. The van der Waals surface area contributed by atoms with Crippen LogP contribution < -0.4 is 5.73 Å². The Kier molecular flexibility index (Phi) is 5.39. The molecule has 1 fully saturated rings. The van der Waals surface area contributed by atoms with Crippen LogP contribution in [-0.2, 0) is 10.0 Å². The van der Waals surface area contributed by atoms with Crippen molar-refractivity contribution in [1.29, 1.82) is 0 Å². The lowest BCUT2D eigenvalue weighted by Crippen LogP contribution is -2.39. The number of hydrogen-bond acceptors (Lipinski definition) is 4. The van der Waals surface area contributed by atoms with Gasteiger partial charge in [0.15, 0.2) is 0 Å². The molecule has 7 heteroatoms. The van der Waals surface area contributed by atoms with Gasteiger partial charge in [-0.25, -0.2) is 12.7 Å². The Bertz CT molecular complexity index is 578. The molecule has 20 heavy (non-hydrogen) atoms. The summed E-state index contributed by atoms with van der Waals surface area (Å²) in [5.41, 5.74) is 6.74. The van der Waals surface area contributed by atoms with E-state index in [1.807, 2.05) is 18.2 Å². The molecule has 0 spiro atoms. The molecule has 1 aromatic carbocycles. The van der Waals surface area contributed by atoms with Gasteiger partial charge in [0.05, 0.1) is 6.26 Å². The van der Waals surface area contributed by atoms with Gasteiger partial charge in [0, 0.05) is 33.9 Å². The number of anilines is 1. The second kappa shape index (κ2) is 6.68. The van der Waals surface area contributed by atoms with E-state index in [1.165, 1.54) is 6.26 Å². The van der Waals surface area contributed by atoms with Crippen LogP contribution in [0.2, 0.25) is 0 Å². The zero-order chi connectivity index (χ0) is 14.8. The van der Waals surface area contributed by atoms with Crippen molar-refractivity contribution in [3.05, 3.63) is 22.7 Å². The molecule has 112 valence electrons. The highest BCUT2D eigenvalue weighted by Gasteiger charge is 2.25. The Hall–Kier alpha value is -0.240. The third kappa shape index (κ3) is 4.38. The summed E-state index contributed by atoms with van der Waals surface area (Å²) in [6.45, 7) is 1.28. The van der Waals surface area contributed by atoms with Crippen LogP contribution >= 0.6 is 27.7 Å². The van der Waals surface area contributed by atoms with Gasteiger partial charge >= 0.3 is 0 Å². The van der Waals surface area contributed by atoms with Crippen LogP contribution in [0.3, 0.4) is 0 Å². The first kappa shape index (κ1) is 16.1. The molecular formula is C13H19BrN2O2S2. The van der Waals surface area contributed by atoms with Crippen LogP contribution in [0.1, 0.15) is 12.8 Å². The SMILES string of the molecule is CS(=O)(=O)N1CCCC(CSc2ccc(Br)cc2N)C1. The largest absolute Gasteiger partial charge is 0.398 e. The second-order valence-electron chi connectivity index (χ2n) is 5.12. The first-order valence-electron chi connectivity index (χ1n) is 6.49. The van der Waals surface area contributed by atoms with Crippen molar-refractivity contribution >= 4 is 43.4 Å². The monoisotopic (exact) mass is 378 g/mol. The molecule has 0 bridgehead atoms. The molecule has 1 aliphatic rings. The number of rotatable bonds is 4. The van der Waals surface area contributed by atoms with Gasteiger partial charge in [-0.15, -0.1) is 11.8 Å². The molecule has 4 nitrogen and oxygen atoms in total. The summed E-state index contributed by atoms with van der Waals surface area (Å²) in [5.74, 6) is 1.30. The summed E-state index contributed by atoms with van der Waals surface area (Å²) in [7, 11) is -3.06. The molecule has 1 heterocycles. The average Bonchev–Trinajstić information content (AvgIpc) is 2.37. The van der Waals surface area contributed by atoms with Crippen LogP contribution in [0.4, 0.5) is 5.69 Å². The number of piperidine rings is 1. The number of thioether (sulfide) groups is 1. The Balaban J connectivity index is 1.94. The number of halogens is 1. The van der Waals surface area contributed by atoms with E-state index < -0.39 is 10.0 Å². The van der Waals surface area contributed by atoms with Crippen LogP contribution in [0.5, 0.6) is 0 Å². The van der Waals surface area contributed by atoms with Gasteiger partial charge in [-0.2, -0.15) is 0 Å². The van der Waals surface area contributed by atoms with Crippen LogP contribution in [-0.4, -0.2) is 37.8 Å². The highest BCUT2D eigenvalue weighted by atomic mass is 79.9. The van der Waals surface area contributed by atoms with E-state index in [0.717, 1.165) is 33.7 Å². The molecule has 1 atom stereocenters. The summed E-state index contributed by atoms with van der Waals surface area (Å²) in [6, 6.07) is 5.87. The molecule has 1 unspecified atom stereocenters. The van der Waals surface area contributed by atoms with Crippen molar-refractivity contribution in [2.75, 3.05) is 30.8 Å². The zero-order valence-electron chi connectivity index (χ0n) is 11.4. The summed E-state index contributed by atoms with van der Waals surface area (Å²) in [5, 5.41) is 0. The lowest BCUT2D eigenvalue weighted by atomic mass is 10.0. The number of nitrogens with two attached hydrogens (primary N) is 1. The number of nitrogens with zero attached hydrogens (tertiary/aromatic N) is 1. The van der Waals surface area contributed by atoms with E-state index in [9.17, 15) is 8.42 Å². The molecule has 1 aromatic rings. The van der Waals surface area contributed by atoms with Gasteiger partial charge in [-0.3, -0.25) is 0 Å². The number of benzene rings is 1. The quantitative estimate of drug-likeness (QED) is 0.646. The lowest BCUT2D eigenvalue weighted by Gasteiger charge is -2.30. The molecule has 0 saturated carbocycles.